The van der Waals surface area contributed by atoms with Crippen molar-refractivity contribution < 1.29 is 13.9 Å². The lowest BCUT2D eigenvalue weighted by molar-refractivity contribution is -0.129. The molecule has 1 aliphatic rings. The van der Waals surface area contributed by atoms with Gasteiger partial charge in [-0.2, -0.15) is 0 Å². The molecule has 0 N–H and O–H groups in total. The Morgan fingerprint density at radius 2 is 1.69 bits per heavy atom. The van der Waals surface area contributed by atoms with Crippen molar-refractivity contribution in [2.75, 3.05) is 0 Å². The molecule has 0 radical (unpaired) electrons. The van der Waals surface area contributed by atoms with Crippen LogP contribution >= 0.6 is 31.9 Å². The molecule has 4 rings (SSSR count). The summed E-state index contributed by atoms with van der Waals surface area (Å²) in [4.78, 5) is 16.4. The van der Waals surface area contributed by atoms with Crippen LogP contribution in [-0.4, -0.2) is 11.9 Å². The molecule has 2 aromatic carbocycles. The molecule has 0 unspecified atom stereocenters. The van der Waals surface area contributed by atoms with Gasteiger partial charge in [0.2, 0.25) is 5.90 Å². The zero-order chi connectivity index (χ0) is 18.1. The fourth-order valence-electron chi connectivity index (χ4n) is 2.49. The first-order valence-electron chi connectivity index (χ1n) is 7.73. The predicted octanol–water partition coefficient (Wildman–Crippen LogP) is 5.82. The first kappa shape index (κ1) is 17.0. The summed E-state index contributed by atoms with van der Waals surface area (Å²) in [5.41, 5.74) is 1.88. The number of hydrogen-bond acceptors (Lipinski definition) is 4. The van der Waals surface area contributed by atoms with Crippen LogP contribution in [-0.2, 0) is 9.53 Å². The number of benzene rings is 2. The SMILES string of the molecule is O=C1OC(c2cccc(Br)c2)=NC1=Cc1ccc(-c2ccc(Br)cc2)o1. The third-order valence-electron chi connectivity index (χ3n) is 3.73. The molecule has 0 amide bonds. The van der Waals surface area contributed by atoms with E-state index in [0.717, 1.165) is 20.1 Å². The van der Waals surface area contributed by atoms with E-state index in [-0.39, 0.29) is 11.6 Å². The van der Waals surface area contributed by atoms with Gasteiger partial charge >= 0.3 is 5.97 Å². The molecule has 0 fully saturated rings. The lowest BCUT2D eigenvalue weighted by Crippen LogP contribution is -2.05. The third-order valence-corrected chi connectivity index (χ3v) is 4.75. The Balaban J connectivity index is 1.62. The molecule has 0 spiro atoms. The van der Waals surface area contributed by atoms with E-state index in [1.54, 1.807) is 12.1 Å². The standard InChI is InChI=1S/C20H11Br2NO3/c21-14-6-4-12(5-7-14)18-9-8-16(25-18)11-17-20(24)26-19(23-17)13-2-1-3-15(22)10-13/h1-11H. The maximum absolute atomic E-state index is 12.1. The van der Waals surface area contributed by atoms with Crippen LogP contribution in [0.5, 0.6) is 0 Å². The second-order valence-corrected chi connectivity index (χ2v) is 7.39. The largest absolute Gasteiger partial charge is 0.457 e. The summed E-state index contributed by atoms with van der Waals surface area (Å²) in [5, 5.41) is 0. The van der Waals surface area contributed by atoms with Gasteiger partial charge in [-0.25, -0.2) is 9.79 Å². The van der Waals surface area contributed by atoms with Gasteiger partial charge < -0.3 is 9.15 Å². The number of rotatable bonds is 3. The quantitative estimate of drug-likeness (QED) is 0.356. The number of carbonyl (C=O) groups is 1. The number of cyclic esters (lactones) is 1. The van der Waals surface area contributed by atoms with Crippen molar-refractivity contribution in [3.63, 3.8) is 0 Å². The number of halogens is 2. The molecule has 2 heterocycles. The van der Waals surface area contributed by atoms with Crippen LogP contribution in [0.15, 0.2) is 84.7 Å². The highest BCUT2D eigenvalue weighted by molar-refractivity contribution is 9.10. The normalized spacial score (nSPS) is 15.2. The first-order valence-corrected chi connectivity index (χ1v) is 9.31. The average Bonchev–Trinajstić information content (AvgIpc) is 3.23. The van der Waals surface area contributed by atoms with Crippen molar-refractivity contribution in [2.24, 2.45) is 4.99 Å². The van der Waals surface area contributed by atoms with Gasteiger partial charge in [0, 0.05) is 26.1 Å². The van der Waals surface area contributed by atoms with Crippen molar-refractivity contribution in [3.8, 4) is 11.3 Å². The Bertz CT molecular complexity index is 1050. The van der Waals surface area contributed by atoms with E-state index in [2.05, 4.69) is 36.9 Å². The molecule has 4 nitrogen and oxygen atoms in total. The van der Waals surface area contributed by atoms with Gasteiger partial charge in [-0.05, 0) is 42.5 Å². The van der Waals surface area contributed by atoms with E-state index in [4.69, 9.17) is 9.15 Å². The van der Waals surface area contributed by atoms with E-state index in [1.165, 1.54) is 0 Å². The number of ether oxygens (including phenoxy) is 1. The monoisotopic (exact) mass is 471 g/mol. The van der Waals surface area contributed by atoms with Gasteiger partial charge in [-0.15, -0.1) is 0 Å². The zero-order valence-corrected chi connectivity index (χ0v) is 16.5. The van der Waals surface area contributed by atoms with Crippen LogP contribution in [0.25, 0.3) is 17.4 Å². The van der Waals surface area contributed by atoms with Gasteiger partial charge in [0.25, 0.3) is 0 Å². The highest BCUT2D eigenvalue weighted by atomic mass is 79.9. The molecule has 0 saturated carbocycles. The van der Waals surface area contributed by atoms with Crippen LogP contribution in [0.4, 0.5) is 0 Å². The van der Waals surface area contributed by atoms with Crippen LogP contribution in [0.3, 0.4) is 0 Å². The van der Waals surface area contributed by atoms with E-state index in [1.807, 2.05) is 54.6 Å². The molecule has 128 valence electrons. The molecule has 0 bridgehead atoms. The van der Waals surface area contributed by atoms with Gasteiger partial charge in [0.15, 0.2) is 5.70 Å². The average molecular weight is 473 g/mol. The van der Waals surface area contributed by atoms with E-state index in [0.29, 0.717) is 11.5 Å². The summed E-state index contributed by atoms with van der Waals surface area (Å²) in [7, 11) is 0. The number of carbonyl (C=O) groups excluding carboxylic acids is 1. The fraction of sp³-hybridized carbons (Fsp3) is 0. The van der Waals surface area contributed by atoms with Crippen molar-refractivity contribution in [1.82, 2.24) is 0 Å². The van der Waals surface area contributed by atoms with Gasteiger partial charge in [0.1, 0.15) is 11.5 Å². The minimum atomic E-state index is -0.499. The molecule has 6 heteroatoms. The first-order chi connectivity index (χ1) is 12.6. The molecule has 1 aromatic heterocycles. The Morgan fingerprint density at radius 1 is 0.885 bits per heavy atom. The number of nitrogens with zero attached hydrogens (tertiary/aromatic N) is 1. The molecule has 0 atom stereocenters. The lowest BCUT2D eigenvalue weighted by Gasteiger charge is -1.99. The van der Waals surface area contributed by atoms with Crippen molar-refractivity contribution in [1.29, 1.82) is 0 Å². The van der Waals surface area contributed by atoms with E-state index in [9.17, 15) is 4.79 Å². The number of hydrogen-bond donors (Lipinski definition) is 0. The minimum absolute atomic E-state index is 0.205. The molecular formula is C20H11Br2NO3. The van der Waals surface area contributed by atoms with Crippen LogP contribution < -0.4 is 0 Å². The second kappa shape index (κ2) is 7.05. The van der Waals surface area contributed by atoms with Gasteiger partial charge in [-0.3, -0.25) is 0 Å². The number of aliphatic imine (C=N–C) groups is 1. The summed E-state index contributed by atoms with van der Waals surface area (Å²) in [5.74, 6) is 1.03. The smallest absolute Gasteiger partial charge is 0.363 e. The second-order valence-electron chi connectivity index (χ2n) is 5.56. The Kier molecular flexibility index (Phi) is 4.61. The van der Waals surface area contributed by atoms with E-state index >= 15 is 0 Å². The predicted molar refractivity (Wildman–Crippen MR) is 107 cm³/mol. The van der Waals surface area contributed by atoms with Crippen LogP contribution in [0.1, 0.15) is 11.3 Å². The molecule has 1 aliphatic heterocycles. The highest BCUT2D eigenvalue weighted by Crippen LogP contribution is 2.26. The summed E-state index contributed by atoms with van der Waals surface area (Å²) in [6.07, 6.45) is 1.58. The highest BCUT2D eigenvalue weighted by Gasteiger charge is 2.24. The van der Waals surface area contributed by atoms with Crippen molar-refractivity contribution in [3.05, 3.63) is 86.6 Å². The van der Waals surface area contributed by atoms with Gasteiger partial charge in [-0.1, -0.05) is 50.1 Å². The topological polar surface area (TPSA) is 51.8 Å². The zero-order valence-electron chi connectivity index (χ0n) is 13.3. The maximum atomic E-state index is 12.1. The van der Waals surface area contributed by atoms with Crippen molar-refractivity contribution >= 4 is 49.8 Å². The number of esters is 1. The molecule has 26 heavy (non-hydrogen) atoms. The third kappa shape index (κ3) is 3.57. The maximum Gasteiger partial charge on any atom is 0.363 e. The fourth-order valence-corrected chi connectivity index (χ4v) is 3.15. The molecule has 0 saturated heterocycles. The summed E-state index contributed by atoms with van der Waals surface area (Å²) >= 11 is 6.80. The number of furan rings is 1. The van der Waals surface area contributed by atoms with E-state index < -0.39 is 5.97 Å². The molecule has 3 aromatic rings. The summed E-state index contributed by atoms with van der Waals surface area (Å²) in [6, 6.07) is 18.9. The van der Waals surface area contributed by atoms with Crippen molar-refractivity contribution in [2.45, 2.75) is 0 Å². The minimum Gasteiger partial charge on any atom is -0.457 e. The lowest BCUT2D eigenvalue weighted by atomic mass is 10.2. The Morgan fingerprint density at radius 3 is 2.46 bits per heavy atom. The summed E-state index contributed by atoms with van der Waals surface area (Å²) < 4.78 is 13.0. The summed E-state index contributed by atoms with van der Waals surface area (Å²) in [6.45, 7) is 0. The molecule has 0 aliphatic carbocycles. The Hall–Kier alpha value is -2.44. The Labute approximate surface area is 166 Å². The van der Waals surface area contributed by atoms with Gasteiger partial charge in [0.05, 0.1) is 0 Å². The molecular weight excluding hydrogens is 462 g/mol. The van der Waals surface area contributed by atoms with Crippen LogP contribution in [0, 0.1) is 0 Å². The van der Waals surface area contributed by atoms with Crippen LogP contribution in [0.2, 0.25) is 0 Å².